The molecule has 2 aliphatic rings. The second-order valence-electron chi connectivity index (χ2n) is 7.63. The quantitative estimate of drug-likeness (QED) is 0.903. The van der Waals surface area contributed by atoms with E-state index in [9.17, 15) is 14.3 Å². The van der Waals surface area contributed by atoms with Crippen LogP contribution in [0.15, 0.2) is 42.7 Å². The van der Waals surface area contributed by atoms with Crippen molar-refractivity contribution in [1.29, 1.82) is 0 Å². The maximum Gasteiger partial charge on any atom is 0.255 e. The SMILES string of the molecule is Cc1cncc(C(=O)N2C[C@H]3C[C@@H](Oc4ccc(F)cc4)[C@H](O)C[C@H]3C2)c1. The van der Waals surface area contributed by atoms with Crippen LogP contribution in [0.4, 0.5) is 4.39 Å². The molecule has 6 heteroatoms. The third-order valence-corrected chi connectivity index (χ3v) is 5.60. The fraction of sp³-hybridized carbons (Fsp3) is 0.429. The normalized spacial score (nSPS) is 27.3. The maximum atomic E-state index is 13.1. The summed E-state index contributed by atoms with van der Waals surface area (Å²) in [6.45, 7) is 3.23. The molecule has 2 heterocycles. The highest BCUT2D eigenvalue weighted by atomic mass is 19.1. The maximum absolute atomic E-state index is 13.1. The molecule has 1 aliphatic carbocycles. The monoisotopic (exact) mass is 370 g/mol. The standard InChI is InChI=1S/C21H23FN2O3/c1-13-6-14(10-23-9-13)21(26)24-11-15-7-19(25)20(8-16(15)12-24)27-18-4-2-17(22)3-5-18/h2-6,9-10,15-16,19-20,25H,7-8,11-12H2,1H3/t15-,16+,19+,20+/m0/s1. The number of aryl methyl sites for hydroxylation is 1. The third kappa shape index (κ3) is 3.81. The number of ether oxygens (including phenoxy) is 1. The molecule has 0 spiro atoms. The Balaban J connectivity index is 1.42. The lowest BCUT2D eigenvalue weighted by molar-refractivity contribution is -0.0231. The number of nitrogens with zero attached hydrogens (tertiary/aromatic N) is 2. The van der Waals surface area contributed by atoms with Crippen LogP contribution >= 0.6 is 0 Å². The van der Waals surface area contributed by atoms with E-state index >= 15 is 0 Å². The van der Waals surface area contributed by atoms with E-state index in [-0.39, 0.29) is 23.7 Å². The Labute approximate surface area is 157 Å². The number of benzene rings is 1. The minimum atomic E-state index is -0.591. The van der Waals surface area contributed by atoms with Crippen LogP contribution in [0, 0.1) is 24.6 Å². The van der Waals surface area contributed by atoms with Gasteiger partial charge in [-0.25, -0.2) is 4.39 Å². The Bertz CT molecular complexity index is 826. The van der Waals surface area contributed by atoms with E-state index in [1.165, 1.54) is 12.1 Å². The average Bonchev–Trinajstić information content (AvgIpc) is 3.06. The number of rotatable bonds is 3. The Morgan fingerprint density at radius 2 is 1.89 bits per heavy atom. The number of aliphatic hydroxyl groups excluding tert-OH is 1. The number of carbonyl (C=O) groups excluding carboxylic acids is 1. The number of likely N-dealkylation sites (tertiary alicyclic amines) is 1. The molecule has 0 unspecified atom stereocenters. The Morgan fingerprint density at radius 1 is 1.19 bits per heavy atom. The predicted molar refractivity (Wildman–Crippen MR) is 97.9 cm³/mol. The van der Waals surface area contributed by atoms with Crippen molar-refractivity contribution in [2.45, 2.75) is 32.0 Å². The van der Waals surface area contributed by atoms with Crippen molar-refractivity contribution in [2.75, 3.05) is 13.1 Å². The van der Waals surface area contributed by atoms with Gasteiger partial charge in [-0.15, -0.1) is 0 Å². The van der Waals surface area contributed by atoms with Gasteiger partial charge < -0.3 is 14.7 Å². The minimum absolute atomic E-state index is 0.00825. The van der Waals surface area contributed by atoms with Crippen LogP contribution in [0.5, 0.6) is 5.75 Å². The van der Waals surface area contributed by atoms with E-state index in [2.05, 4.69) is 4.98 Å². The molecule has 2 fully saturated rings. The first-order valence-electron chi connectivity index (χ1n) is 9.31. The van der Waals surface area contributed by atoms with Gasteiger partial charge in [0.2, 0.25) is 0 Å². The highest BCUT2D eigenvalue weighted by Gasteiger charge is 2.44. The summed E-state index contributed by atoms with van der Waals surface area (Å²) in [5.74, 6) is 0.791. The molecule has 1 aromatic carbocycles. The Hall–Kier alpha value is -2.47. The van der Waals surface area contributed by atoms with Gasteiger partial charge >= 0.3 is 0 Å². The second-order valence-corrected chi connectivity index (χ2v) is 7.63. The summed E-state index contributed by atoms with van der Waals surface area (Å²) in [6.07, 6.45) is 3.69. The number of aromatic nitrogens is 1. The molecule has 27 heavy (non-hydrogen) atoms. The smallest absolute Gasteiger partial charge is 0.255 e. The Morgan fingerprint density at radius 3 is 2.59 bits per heavy atom. The van der Waals surface area contributed by atoms with Gasteiger partial charge in [0, 0.05) is 25.5 Å². The van der Waals surface area contributed by atoms with E-state index < -0.39 is 6.10 Å². The van der Waals surface area contributed by atoms with Gasteiger partial charge in [-0.3, -0.25) is 9.78 Å². The second kappa shape index (κ2) is 7.27. The molecular weight excluding hydrogens is 347 g/mol. The lowest BCUT2D eigenvalue weighted by Crippen LogP contribution is -2.42. The van der Waals surface area contributed by atoms with Crippen molar-refractivity contribution >= 4 is 5.91 Å². The molecule has 1 saturated carbocycles. The van der Waals surface area contributed by atoms with E-state index in [0.717, 1.165) is 5.56 Å². The summed E-state index contributed by atoms with van der Waals surface area (Å²) in [5, 5.41) is 10.5. The van der Waals surface area contributed by atoms with E-state index in [4.69, 9.17) is 4.74 Å². The average molecular weight is 370 g/mol. The third-order valence-electron chi connectivity index (χ3n) is 5.60. The van der Waals surface area contributed by atoms with E-state index in [1.54, 1.807) is 24.5 Å². The summed E-state index contributed by atoms with van der Waals surface area (Å²) < 4.78 is 19.0. The fourth-order valence-corrected chi connectivity index (χ4v) is 4.23. The first kappa shape index (κ1) is 17.9. The number of pyridine rings is 1. The summed E-state index contributed by atoms with van der Waals surface area (Å²) in [4.78, 5) is 18.8. The van der Waals surface area contributed by atoms with Crippen LogP contribution in [0.3, 0.4) is 0 Å². The van der Waals surface area contributed by atoms with Crippen molar-refractivity contribution in [1.82, 2.24) is 9.88 Å². The molecule has 5 nitrogen and oxygen atoms in total. The molecule has 4 atom stereocenters. The molecule has 4 rings (SSSR count). The van der Waals surface area contributed by atoms with E-state index in [1.807, 2.05) is 17.9 Å². The molecule has 142 valence electrons. The van der Waals surface area contributed by atoms with Gasteiger partial charge in [0.25, 0.3) is 5.91 Å². The lowest BCUT2D eigenvalue weighted by atomic mass is 9.78. The molecule has 1 saturated heterocycles. The van der Waals surface area contributed by atoms with Crippen molar-refractivity contribution in [3.05, 3.63) is 59.7 Å². The number of hydrogen-bond donors (Lipinski definition) is 1. The highest BCUT2D eigenvalue weighted by molar-refractivity contribution is 5.94. The number of aliphatic hydroxyl groups is 1. The summed E-state index contributed by atoms with van der Waals surface area (Å²) in [5.41, 5.74) is 1.56. The van der Waals surface area contributed by atoms with Crippen molar-refractivity contribution in [3.8, 4) is 5.75 Å². The van der Waals surface area contributed by atoms with Crippen LogP contribution < -0.4 is 4.74 Å². The van der Waals surface area contributed by atoms with E-state index in [0.29, 0.717) is 43.2 Å². The first-order valence-corrected chi connectivity index (χ1v) is 9.31. The van der Waals surface area contributed by atoms with Crippen molar-refractivity contribution in [2.24, 2.45) is 11.8 Å². The zero-order chi connectivity index (χ0) is 19.0. The molecule has 1 aliphatic heterocycles. The predicted octanol–water partition coefficient (Wildman–Crippen LogP) is 2.82. The van der Waals surface area contributed by atoms with Gasteiger partial charge in [-0.1, -0.05) is 0 Å². The summed E-state index contributed by atoms with van der Waals surface area (Å²) >= 11 is 0. The van der Waals surface area contributed by atoms with Crippen LogP contribution in [-0.2, 0) is 0 Å². The van der Waals surface area contributed by atoms with Crippen LogP contribution in [0.2, 0.25) is 0 Å². The van der Waals surface area contributed by atoms with Crippen LogP contribution in [0.25, 0.3) is 0 Å². The number of hydrogen-bond acceptors (Lipinski definition) is 4. The summed E-state index contributed by atoms with van der Waals surface area (Å²) in [6, 6.07) is 7.69. The fourth-order valence-electron chi connectivity index (χ4n) is 4.23. The molecular formula is C21H23FN2O3. The topological polar surface area (TPSA) is 62.7 Å². The molecule has 0 bridgehead atoms. The number of amides is 1. The first-order chi connectivity index (χ1) is 13.0. The van der Waals surface area contributed by atoms with Crippen LogP contribution in [0.1, 0.15) is 28.8 Å². The lowest BCUT2D eigenvalue weighted by Gasteiger charge is -2.35. The largest absolute Gasteiger partial charge is 0.488 e. The molecule has 1 aromatic heterocycles. The molecule has 2 aromatic rings. The van der Waals surface area contributed by atoms with Gasteiger partial charge in [0.15, 0.2) is 0 Å². The zero-order valence-corrected chi connectivity index (χ0v) is 15.2. The van der Waals surface area contributed by atoms with Gasteiger partial charge in [0.05, 0.1) is 11.7 Å². The van der Waals surface area contributed by atoms with Gasteiger partial charge in [-0.2, -0.15) is 0 Å². The van der Waals surface area contributed by atoms with Crippen molar-refractivity contribution in [3.63, 3.8) is 0 Å². The summed E-state index contributed by atoms with van der Waals surface area (Å²) in [7, 11) is 0. The van der Waals surface area contributed by atoms with Gasteiger partial charge in [0.1, 0.15) is 17.7 Å². The van der Waals surface area contributed by atoms with Crippen molar-refractivity contribution < 1.29 is 19.0 Å². The molecule has 1 amide bonds. The molecule has 0 radical (unpaired) electrons. The number of fused-ring (bicyclic) bond motifs is 1. The zero-order valence-electron chi connectivity index (χ0n) is 15.2. The Kier molecular flexibility index (Phi) is 4.83. The number of carbonyl (C=O) groups is 1. The van der Waals surface area contributed by atoms with Gasteiger partial charge in [-0.05, 0) is 67.5 Å². The highest BCUT2D eigenvalue weighted by Crippen LogP contribution is 2.38. The number of halogens is 1. The molecule has 1 N–H and O–H groups in total. The minimum Gasteiger partial charge on any atom is -0.488 e. The van der Waals surface area contributed by atoms with Crippen LogP contribution in [-0.4, -0.2) is 46.2 Å².